The van der Waals surface area contributed by atoms with Gasteiger partial charge in [-0.1, -0.05) is 17.7 Å². The Morgan fingerprint density at radius 2 is 2.25 bits per heavy atom. The van der Waals surface area contributed by atoms with Crippen molar-refractivity contribution in [2.24, 2.45) is 5.73 Å². The molecule has 1 amide bonds. The number of nitrogens with zero attached hydrogens (tertiary/aromatic N) is 2. The molecule has 4 rings (SSSR count). The summed E-state index contributed by atoms with van der Waals surface area (Å²) in [6, 6.07) is 7.70. The van der Waals surface area contributed by atoms with Gasteiger partial charge in [0, 0.05) is 40.3 Å². The predicted molar refractivity (Wildman–Crippen MR) is 109 cm³/mol. The van der Waals surface area contributed by atoms with Crippen molar-refractivity contribution in [1.82, 2.24) is 15.0 Å². The molecule has 3 heterocycles. The molecule has 1 atom stereocenters. The third kappa shape index (κ3) is 3.49. The molecule has 0 spiro atoms. The quantitative estimate of drug-likeness (QED) is 0.456. The van der Waals surface area contributed by atoms with Crippen molar-refractivity contribution < 1.29 is 9.18 Å². The second kappa shape index (κ2) is 7.67. The molecule has 142 valence electrons. The van der Waals surface area contributed by atoms with Crippen LogP contribution in [0.25, 0.3) is 22.3 Å². The number of thiazole rings is 1. The standard InChI is InChI=1S/C19H15ClFN5OS/c20-15-6-10(21)3-4-11(15)13(7-22)18(27)26-19-25-16(9-28-19)14-8-24-17-12(14)2-1-5-23-17/h1-6,8-9,13H,7,22H2,(H,23,24)(H,25,26,27). The lowest BCUT2D eigenvalue weighted by Crippen LogP contribution is -2.27. The van der Waals surface area contributed by atoms with Gasteiger partial charge in [-0.25, -0.2) is 14.4 Å². The Kier molecular flexibility index (Phi) is 5.08. The number of amides is 1. The first-order valence-corrected chi connectivity index (χ1v) is 9.66. The first kappa shape index (κ1) is 18.5. The van der Waals surface area contributed by atoms with Crippen LogP contribution in [0.15, 0.2) is 48.1 Å². The topological polar surface area (TPSA) is 96.7 Å². The molecule has 6 nitrogen and oxygen atoms in total. The number of carbonyl (C=O) groups excluding carboxylic acids is 1. The lowest BCUT2D eigenvalue weighted by molar-refractivity contribution is -0.117. The van der Waals surface area contributed by atoms with Gasteiger partial charge in [0.15, 0.2) is 5.13 Å². The number of aromatic nitrogens is 3. The van der Waals surface area contributed by atoms with E-state index in [4.69, 9.17) is 17.3 Å². The van der Waals surface area contributed by atoms with Crippen LogP contribution in [0.3, 0.4) is 0 Å². The highest BCUT2D eigenvalue weighted by atomic mass is 35.5. The molecule has 1 aromatic carbocycles. The Labute approximate surface area is 168 Å². The number of nitrogens with one attached hydrogen (secondary N) is 2. The fourth-order valence-corrected chi connectivity index (χ4v) is 3.99. The first-order valence-electron chi connectivity index (χ1n) is 8.40. The molecule has 28 heavy (non-hydrogen) atoms. The van der Waals surface area contributed by atoms with Crippen LogP contribution >= 0.6 is 22.9 Å². The van der Waals surface area contributed by atoms with Gasteiger partial charge >= 0.3 is 0 Å². The van der Waals surface area contributed by atoms with E-state index in [0.29, 0.717) is 10.7 Å². The minimum Gasteiger partial charge on any atom is -0.345 e. The summed E-state index contributed by atoms with van der Waals surface area (Å²) in [4.78, 5) is 24.6. The van der Waals surface area contributed by atoms with Crippen molar-refractivity contribution in [3.8, 4) is 11.3 Å². The third-order valence-electron chi connectivity index (χ3n) is 4.35. The van der Waals surface area contributed by atoms with Crippen molar-refractivity contribution >= 4 is 45.0 Å². The predicted octanol–water partition coefficient (Wildman–Crippen LogP) is 4.16. The van der Waals surface area contributed by atoms with Crippen LogP contribution in [0.2, 0.25) is 5.02 Å². The number of rotatable bonds is 5. The lowest BCUT2D eigenvalue weighted by Gasteiger charge is -2.15. The van der Waals surface area contributed by atoms with Crippen molar-refractivity contribution in [1.29, 1.82) is 0 Å². The highest BCUT2D eigenvalue weighted by Gasteiger charge is 2.23. The molecule has 0 aliphatic heterocycles. The molecule has 0 saturated heterocycles. The van der Waals surface area contributed by atoms with E-state index >= 15 is 0 Å². The van der Waals surface area contributed by atoms with E-state index in [-0.39, 0.29) is 17.5 Å². The van der Waals surface area contributed by atoms with Crippen molar-refractivity contribution in [3.63, 3.8) is 0 Å². The summed E-state index contributed by atoms with van der Waals surface area (Å²) in [7, 11) is 0. The van der Waals surface area contributed by atoms with Crippen LogP contribution in [0.1, 0.15) is 11.5 Å². The fraction of sp³-hybridized carbons (Fsp3) is 0.105. The minimum atomic E-state index is -0.710. The summed E-state index contributed by atoms with van der Waals surface area (Å²) < 4.78 is 13.3. The van der Waals surface area contributed by atoms with Gasteiger partial charge in [0.05, 0.1) is 11.6 Å². The van der Waals surface area contributed by atoms with Crippen LogP contribution in [-0.4, -0.2) is 27.4 Å². The second-order valence-electron chi connectivity index (χ2n) is 6.08. The second-order valence-corrected chi connectivity index (χ2v) is 7.35. The van der Waals surface area contributed by atoms with Gasteiger partial charge in [-0.05, 0) is 29.8 Å². The molecule has 0 fully saturated rings. The van der Waals surface area contributed by atoms with E-state index in [0.717, 1.165) is 22.3 Å². The maximum Gasteiger partial charge on any atom is 0.235 e. The Morgan fingerprint density at radius 1 is 1.39 bits per heavy atom. The van der Waals surface area contributed by atoms with Gasteiger partial charge in [0.1, 0.15) is 11.5 Å². The molecule has 0 aliphatic rings. The van der Waals surface area contributed by atoms with Crippen LogP contribution < -0.4 is 11.1 Å². The summed E-state index contributed by atoms with van der Waals surface area (Å²) in [5.41, 5.74) is 8.64. The number of benzene rings is 1. The molecule has 1 unspecified atom stereocenters. The van der Waals surface area contributed by atoms with Crippen molar-refractivity contribution in [2.45, 2.75) is 5.92 Å². The van der Waals surface area contributed by atoms with E-state index < -0.39 is 11.7 Å². The largest absolute Gasteiger partial charge is 0.345 e. The van der Waals surface area contributed by atoms with Gasteiger partial charge in [-0.3, -0.25) is 4.79 Å². The van der Waals surface area contributed by atoms with Gasteiger partial charge in [-0.2, -0.15) is 0 Å². The maximum atomic E-state index is 13.3. The SMILES string of the molecule is NCC(C(=O)Nc1nc(-c2c[nH]c3ncccc23)cs1)c1ccc(F)cc1Cl. The molecule has 3 aromatic heterocycles. The van der Waals surface area contributed by atoms with E-state index in [1.165, 1.54) is 29.5 Å². The molecule has 4 N–H and O–H groups in total. The number of H-pyrrole nitrogens is 1. The van der Waals surface area contributed by atoms with Gasteiger partial charge in [0.25, 0.3) is 0 Å². The Morgan fingerprint density at radius 3 is 3.04 bits per heavy atom. The molecule has 9 heteroatoms. The number of aromatic amines is 1. The summed E-state index contributed by atoms with van der Waals surface area (Å²) in [5.74, 6) is -1.53. The summed E-state index contributed by atoms with van der Waals surface area (Å²) in [6.07, 6.45) is 3.54. The zero-order chi connectivity index (χ0) is 19.7. The molecule has 4 aromatic rings. The van der Waals surface area contributed by atoms with Crippen LogP contribution in [0.4, 0.5) is 9.52 Å². The van der Waals surface area contributed by atoms with Crippen LogP contribution in [0.5, 0.6) is 0 Å². The summed E-state index contributed by atoms with van der Waals surface area (Å²) in [5, 5.41) is 6.18. The molecule has 0 radical (unpaired) electrons. The average Bonchev–Trinajstić information content (AvgIpc) is 3.30. The normalized spacial score (nSPS) is 12.2. The number of pyridine rings is 1. The minimum absolute atomic E-state index is 0.0313. The number of hydrogen-bond donors (Lipinski definition) is 3. The van der Waals surface area contributed by atoms with E-state index in [1.54, 1.807) is 6.20 Å². The van der Waals surface area contributed by atoms with Crippen LogP contribution in [-0.2, 0) is 4.79 Å². The van der Waals surface area contributed by atoms with Crippen molar-refractivity contribution in [2.75, 3.05) is 11.9 Å². The number of carbonyl (C=O) groups is 1. The van der Waals surface area contributed by atoms with Crippen LogP contribution in [0, 0.1) is 5.82 Å². The zero-order valence-corrected chi connectivity index (χ0v) is 16.0. The van der Waals surface area contributed by atoms with E-state index in [1.807, 2.05) is 23.7 Å². The van der Waals surface area contributed by atoms with Gasteiger partial charge in [-0.15, -0.1) is 11.3 Å². The number of fused-ring (bicyclic) bond motifs is 1. The Balaban J connectivity index is 1.57. The molecular formula is C19H15ClFN5OS. The third-order valence-corrected chi connectivity index (χ3v) is 5.44. The first-order chi connectivity index (χ1) is 13.6. The molecular weight excluding hydrogens is 401 g/mol. The maximum absolute atomic E-state index is 13.3. The van der Waals surface area contributed by atoms with Gasteiger partial charge < -0.3 is 16.0 Å². The number of hydrogen-bond acceptors (Lipinski definition) is 5. The van der Waals surface area contributed by atoms with E-state index in [9.17, 15) is 9.18 Å². The van der Waals surface area contributed by atoms with Crippen molar-refractivity contribution in [3.05, 3.63) is 64.5 Å². The molecule has 0 aliphatic carbocycles. The molecule has 0 bridgehead atoms. The smallest absolute Gasteiger partial charge is 0.235 e. The lowest BCUT2D eigenvalue weighted by atomic mass is 9.98. The number of halogens is 2. The van der Waals surface area contributed by atoms with Gasteiger partial charge in [0.2, 0.25) is 5.91 Å². The highest BCUT2D eigenvalue weighted by Crippen LogP contribution is 2.31. The highest BCUT2D eigenvalue weighted by molar-refractivity contribution is 7.14. The number of anilines is 1. The Hall–Kier alpha value is -2.81. The molecule has 0 saturated carbocycles. The fourth-order valence-electron chi connectivity index (χ4n) is 2.97. The summed E-state index contributed by atoms with van der Waals surface area (Å²) >= 11 is 7.38. The monoisotopic (exact) mass is 415 g/mol. The zero-order valence-electron chi connectivity index (χ0n) is 14.4. The average molecular weight is 416 g/mol. The van der Waals surface area contributed by atoms with E-state index in [2.05, 4.69) is 20.3 Å². The number of nitrogens with two attached hydrogens (primary N) is 1. The Bertz CT molecular complexity index is 1160. The summed E-state index contributed by atoms with van der Waals surface area (Å²) in [6.45, 7) is 0.0313.